The normalized spacial score (nSPS) is 11.5. The number of carbonyl (C=O) groups is 1. The van der Waals surface area contributed by atoms with E-state index in [0.29, 0.717) is 9.34 Å². The highest BCUT2D eigenvalue weighted by Gasteiger charge is 2.19. The third kappa shape index (κ3) is 3.09. The number of aromatic nitrogens is 2. The largest absolute Gasteiger partial charge is 0.443 e. The Morgan fingerprint density at radius 2 is 2.07 bits per heavy atom. The van der Waals surface area contributed by atoms with Crippen LogP contribution >= 0.6 is 31.9 Å². The predicted octanol–water partition coefficient (Wildman–Crippen LogP) is 3.19. The Hall–Kier alpha value is -0.360. The maximum absolute atomic E-state index is 11.5. The Morgan fingerprint density at radius 3 is 2.43 bits per heavy atom. The minimum Gasteiger partial charge on any atom is -0.443 e. The van der Waals surface area contributed by atoms with Gasteiger partial charge in [-0.2, -0.15) is 0 Å². The van der Waals surface area contributed by atoms with Crippen LogP contribution in [0, 0.1) is 0 Å². The number of hydrogen-bond acceptors (Lipinski definition) is 3. The molecular formula is C8H10Br2N2O2. The standard InChI is InChI=1S/C8H10Br2N2O2/c1-8(2,3)14-7(13)12-4-5(9)11-6(12)10/h4H,1-3H3. The molecule has 6 heteroatoms. The second-order valence-corrected chi connectivity index (χ2v) is 5.20. The van der Waals surface area contributed by atoms with E-state index >= 15 is 0 Å². The molecule has 1 aromatic heterocycles. The van der Waals surface area contributed by atoms with Gasteiger partial charge >= 0.3 is 6.09 Å². The summed E-state index contributed by atoms with van der Waals surface area (Å²) in [6.45, 7) is 5.43. The van der Waals surface area contributed by atoms with Crippen molar-refractivity contribution in [2.75, 3.05) is 0 Å². The van der Waals surface area contributed by atoms with E-state index in [1.807, 2.05) is 20.8 Å². The summed E-state index contributed by atoms with van der Waals surface area (Å²) in [4.78, 5) is 15.5. The van der Waals surface area contributed by atoms with Gasteiger partial charge in [-0.25, -0.2) is 14.3 Å². The van der Waals surface area contributed by atoms with Gasteiger partial charge in [-0.05, 0) is 52.6 Å². The van der Waals surface area contributed by atoms with E-state index in [1.165, 1.54) is 10.8 Å². The molecule has 4 nitrogen and oxygen atoms in total. The minimum atomic E-state index is -0.507. The summed E-state index contributed by atoms with van der Waals surface area (Å²) in [5, 5.41) is 0. The van der Waals surface area contributed by atoms with Gasteiger partial charge in [0.1, 0.15) is 10.2 Å². The Labute approximate surface area is 98.9 Å². The van der Waals surface area contributed by atoms with Gasteiger partial charge in [0, 0.05) is 0 Å². The molecule has 0 spiro atoms. The van der Waals surface area contributed by atoms with Crippen molar-refractivity contribution in [1.29, 1.82) is 0 Å². The highest BCUT2D eigenvalue weighted by atomic mass is 79.9. The molecule has 0 bridgehead atoms. The van der Waals surface area contributed by atoms with Crippen molar-refractivity contribution in [2.24, 2.45) is 0 Å². The Morgan fingerprint density at radius 1 is 1.50 bits per heavy atom. The van der Waals surface area contributed by atoms with Crippen LogP contribution in [0.3, 0.4) is 0 Å². The van der Waals surface area contributed by atoms with E-state index in [9.17, 15) is 4.79 Å². The molecule has 0 aliphatic carbocycles. The van der Waals surface area contributed by atoms with Gasteiger partial charge in [-0.15, -0.1) is 0 Å². The summed E-state index contributed by atoms with van der Waals surface area (Å²) in [7, 11) is 0. The molecule has 1 heterocycles. The number of imidazole rings is 1. The number of nitrogens with zero attached hydrogens (tertiary/aromatic N) is 2. The molecule has 1 rings (SSSR count). The van der Waals surface area contributed by atoms with Crippen molar-refractivity contribution in [2.45, 2.75) is 26.4 Å². The number of rotatable bonds is 0. The summed E-state index contributed by atoms with van der Waals surface area (Å²) in [5.41, 5.74) is -0.507. The molecular weight excluding hydrogens is 316 g/mol. The maximum atomic E-state index is 11.5. The van der Waals surface area contributed by atoms with E-state index < -0.39 is 11.7 Å². The number of halogens is 2. The smallest absolute Gasteiger partial charge is 0.420 e. The fourth-order valence-electron chi connectivity index (χ4n) is 0.770. The lowest BCUT2D eigenvalue weighted by atomic mass is 10.2. The predicted molar refractivity (Wildman–Crippen MR) is 59.3 cm³/mol. The first kappa shape index (κ1) is 11.7. The molecule has 78 valence electrons. The van der Waals surface area contributed by atoms with Crippen LogP contribution in [0.15, 0.2) is 15.5 Å². The van der Waals surface area contributed by atoms with Crippen LogP contribution in [-0.2, 0) is 4.74 Å². The summed E-state index contributed by atoms with van der Waals surface area (Å²) < 4.78 is 7.43. The monoisotopic (exact) mass is 324 g/mol. The molecule has 0 saturated heterocycles. The molecule has 0 unspecified atom stereocenters. The summed E-state index contributed by atoms with van der Waals surface area (Å²) in [5.74, 6) is 0. The minimum absolute atomic E-state index is 0.415. The summed E-state index contributed by atoms with van der Waals surface area (Å²) in [6.07, 6.45) is 1.08. The van der Waals surface area contributed by atoms with Crippen molar-refractivity contribution in [1.82, 2.24) is 9.55 Å². The maximum Gasteiger partial charge on any atom is 0.420 e. The summed E-state index contributed by atoms with van der Waals surface area (Å²) >= 11 is 6.31. The lowest BCUT2D eigenvalue weighted by molar-refractivity contribution is 0.0532. The van der Waals surface area contributed by atoms with Gasteiger partial charge in [-0.1, -0.05) is 0 Å². The molecule has 14 heavy (non-hydrogen) atoms. The fraction of sp³-hybridized carbons (Fsp3) is 0.500. The number of ether oxygens (including phenoxy) is 1. The van der Waals surface area contributed by atoms with Gasteiger partial charge in [0.25, 0.3) is 0 Å². The fourth-order valence-corrected chi connectivity index (χ4v) is 1.82. The van der Waals surface area contributed by atoms with Gasteiger partial charge < -0.3 is 4.74 Å². The third-order valence-corrected chi connectivity index (χ3v) is 2.17. The van der Waals surface area contributed by atoms with Crippen molar-refractivity contribution < 1.29 is 9.53 Å². The second kappa shape index (κ2) is 4.02. The first-order valence-electron chi connectivity index (χ1n) is 3.93. The van der Waals surface area contributed by atoms with Crippen LogP contribution in [0.2, 0.25) is 0 Å². The Kier molecular flexibility index (Phi) is 3.36. The van der Waals surface area contributed by atoms with Gasteiger partial charge in [-0.3, -0.25) is 0 Å². The summed E-state index contributed by atoms with van der Waals surface area (Å²) in [6, 6.07) is 0. The van der Waals surface area contributed by atoms with Gasteiger partial charge in [0.05, 0.1) is 6.20 Å². The molecule has 0 saturated carbocycles. The molecule has 0 N–H and O–H groups in total. The van der Waals surface area contributed by atoms with Gasteiger partial charge in [0.2, 0.25) is 0 Å². The molecule has 0 amide bonds. The van der Waals surface area contributed by atoms with Crippen LogP contribution in [0.5, 0.6) is 0 Å². The average molecular weight is 326 g/mol. The Balaban J connectivity index is 2.85. The van der Waals surface area contributed by atoms with Crippen molar-refractivity contribution in [3.05, 3.63) is 15.5 Å². The average Bonchev–Trinajstić information content (AvgIpc) is 2.26. The van der Waals surface area contributed by atoms with E-state index in [-0.39, 0.29) is 0 Å². The zero-order valence-corrected chi connectivity index (χ0v) is 11.2. The van der Waals surface area contributed by atoms with Crippen LogP contribution in [0.4, 0.5) is 4.79 Å². The number of hydrogen-bond donors (Lipinski definition) is 0. The molecule has 0 atom stereocenters. The molecule has 0 aliphatic heterocycles. The number of carbonyl (C=O) groups excluding carboxylic acids is 1. The zero-order valence-electron chi connectivity index (χ0n) is 8.04. The van der Waals surface area contributed by atoms with Crippen LogP contribution < -0.4 is 0 Å². The topological polar surface area (TPSA) is 44.1 Å². The van der Waals surface area contributed by atoms with Crippen molar-refractivity contribution in [3.63, 3.8) is 0 Å². The van der Waals surface area contributed by atoms with Crippen molar-refractivity contribution in [3.8, 4) is 0 Å². The van der Waals surface area contributed by atoms with Crippen LogP contribution in [-0.4, -0.2) is 21.2 Å². The van der Waals surface area contributed by atoms with Crippen molar-refractivity contribution >= 4 is 38.0 Å². The highest BCUT2D eigenvalue weighted by Crippen LogP contribution is 2.17. The van der Waals surface area contributed by atoms with E-state index in [0.717, 1.165) is 0 Å². The first-order valence-corrected chi connectivity index (χ1v) is 5.52. The van der Waals surface area contributed by atoms with Crippen LogP contribution in [0.25, 0.3) is 0 Å². The van der Waals surface area contributed by atoms with Gasteiger partial charge in [0.15, 0.2) is 4.73 Å². The molecule has 0 aliphatic rings. The highest BCUT2D eigenvalue weighted by molar-refractivity contribution is 9.11. The second-order valence-electron chi connectivity index (χ2n) is 3.68. The first-order chi connectivity index (χ1) is 6.29. The molecule has 0 radical (unpaired) electrons. The third-order valence-electron chi connectivity index (χ3n) is 1.22. The lowest BCUT2D eigenvalue weighted by Crippen LogP contribution is -2.26. The zero-order chi connectivity index (χ0) is 10.9. The molecule has 0 aromatic carbocycles. The van der Waals surface area contributed by atoms with E-state index in [1.54, 1.807) is 0 Å². The SMILES string of the molecule is CC(C)(C)OC(=O)n1cc(Br)nc1Br. The lowest BCUT2D eigenvalue weighted by Gasteiger charge is -2.19. The molecule has 0 fully saturated rings. The van der Waals surface area contributed by atoms with Crippen LogP contribution in [0.1, 0.15) is 20.8 Å². The Bertz CT molecular complexity index is 355. The van der Waals surface area contributed by atoms with E-state index in [2.05, 4.69) is 36.8 Å². The quantitative estimate of drug-likeness (QED) is 0.735. The molecule has 1 aromatic rings. The van der Waals surface area contributed by atoms with E-state index in [4.69, 9.17) is 4.74 Å².